The highest BCUT2D eigenvalue weighted by Gasteiger charge is 2.31. The standard InChI is InChI=1S/C9H19N3O3S/c1-2-8(6-10)16(14,15)12-5-3-4-11-9(13)7-12/h8H,2-7,10H2,1H3,(H,11,13). The fourth-order valence-electron chi connectivity index (χ4n) is 1.71. The van der Waals surface area contributed by atoms with Gasteiger partial charge in [-0.1, -0.05) is 6.92 Å². The molecule has 16 heavy (non-hydrogen) atoms. The fourth-order valence-corrected chi connectivity index (χ4v) is 3.47. The molecule has 7 heteroatoms. The third-order valence-corrected chi connectivity index (χ3v) is 5.13. The number of carbonyl (C=O) groups is 1. The molecule has 0 aliphatic carbocycles. The molecule has 0 bridgehead atoms. The number of rotatable bonds is 4. The highest BCUT2D eigenvalue weighted by molar-refractivity contribution is 7.89. The number of carbonyl (C=O) groups excluding carboxylic acids is 1. The average Bonchev–Trinajstić information content (AvgIpc) is 2.44. The highest BCUT2D eigenvalue weighted by atomic mass is 32.2. The van der Waals surface area contributed by atoms with E-state index in [0.29, 0.717) is 25.9 Å². The Kier molecular flexibility index (Phi) is 4.69. The number of nitrogens with zero attached hydrogens (tertiary/aromatic N) is 1. The highest BCUT2D eigenvalue weighted by Crippen LogP contribution is 2.13. The third-order valence-electron chi connectivity index (χ3n) is 2.73. The average molecular weight is 249 g/mol. The molecule has 1 saturated heterocycles. The molecule has 0 radical (unpaired) electrons. The molecule has 0 spiro atoms. The largest absolute Gasteiger partial charge is 0.355 e. The second-order valence-electron chi connectivity index (χ2n) is 3.85. The molecule has 1 atom stereocenters. The zero-order chi connectivity index (χ0) is 12.2. The van der Waals surface area contributed by atoms with E-state index in [4.69, 9.17) is 5.73 Å². The van der Waals surface area contributed by atoms with E-state index in [0.717, 1.165) is 0 Å². The maximum absolute atomic E-state index is 12.1. The number of amides is 1. The maximum atomic E-state index is 12.1. The molecule has 0 aromatic heterocycles. The third kappa shape index (κ3) is 2.93. The topological polar surface area (TPSA) is 92.5 Å². The van der Waals surface area contributed by atoms with Crippen molar-refractivity contribution in [2.75, 3.05) is 26.2 Å². The van der Waals surface area contributed by atoms with E-state index in [-0.39, 0.29) is 19.0 Å². The summed E-state index contributed by atoms with van der Waals surface area (Å²) >= 11 is 0. The minimum atomic E-state index is -3.43. The van der Waals surface area contributed by atoms with Crippen molar-refractivity contribution in [3.05, 3.63) is 0 Å². The van der Waals surface area contributed by atoms with Crippen molar-refractivity contribution < 1.29 is 13.2 Å². The van der Waals surface area contributed by atoms with Crippen LogP contribution in [0.25, 0.3) is 0 Å². The van der Waals surface area contributed by atoms with E-state index in [1.54, 1.807) is 6.92 Å². The minimum absolute atomic E-state index is 0.0845. The predicted molar refractivity (Wildman–Crippen MR) is 61.3 cm³/mol. The van der Waals surface area contributed by atoms with Crippen LogP contribution in [-0.2, 0) is 14.8 Å². The Bertz CT molecular complexity index is 338. The van der Waals surface area contributed by atoms with Crippen LogP contribution in [0.3, 0.4) is 0 Å². The molecule has 3 N–H and O–H groups in total. The van der Waals surface area contributed by atoms with E-state index < -0.39 is 15.3 Å². The molecule has 0 aromatic carbocycles. The lowest BCUT2D eigenvalue weighted by Crippen LogP contribution is -2.44. The van der Waals surface area contributed by atoms with E-state index in [9.17, 15) is 13.2 Å². The molecule has 6 nitrogen and oxygen atoms in total. The number of hydrogen-bond acceptors (Lipinski definition) is 4. The zero-order valence-corrected chi connectivity index (χ0v) is 10.3. The first-order valence-electron chi connectivity index (χ1n) is 5.48. The maximum Gasteiger partial charge on any atom is 0.235 e. The van der Waals surface area contributed by atoms with Gasteiger partial charge in [0.2, 0.25) is 15.9 Å². The van der Waals surface area contributed by atoms with E-state index in [2.05, 4.69) is 5.32 Å². The molecule has 1 fully saturated rings. The van der Waals surface area contributed by atoms with Gasteiger partial charge >= 0.3 is 0 Å². The van der Waals surface area contributed by atoms with Gasteiger partial charge in [-0.25, -0.2) is 8.42 Å². The molecule has 1 rings (SSSR count). The molecule has 0 aromatic rings. The fraction of sp³-hybridized carbons (Fsp3) is 0.889. The van der Waals surface area contributed by atoms with Crippen molar-refractivity contribution >= 4 is 15.9 Å². The summed E-state index contributed by atoms with van der Waals surface area (Å²) in [6, 6.07) is 0. The van der Waals surface area contributed by atoms with Gasteiger partial charge in [-0.15, -0.1) is 0 Å². The Morgan fingerprint density at radius 1 is 1.56 bits per heavy atom. The summed E-state index contributed by atoms with van der Waals surface area (Å²) in [6.07, 6.45) is 1.11. The quantitative estimate of drug-likeness (QED) is 0.660. The number of hydrogen-bond donors (Lipinski definition) is 2. The molecular weight excluding hydrogens is 230 g/mol. The molecule has 0 saturated carbocycles. The summed E-state index contributed by atoms with van der Waals surface area (Å²) in [5.74, 6) is -0.243. The van der Waals surface area contributed by atoms with Crippen LogP contribution in [0, 0.1) is 0 Å². The van der Waals surface area contributed by atoms with Gasteiger partial charge in [-0.05, 0) is 12.8 Å². The van der Waals surface area contributed by atoms with Crippen LogP contribution in [0.15, 0.2) is 0 Å². The summed E-state index contributed by atoms with van der Waals surface area (Å²) in [5.41, 5.74) is 5.44. The van der Waals surface area contributed by atoms with Crippen molar-refractivity contribution in [3.63, 3.8) is 0 Å². The normalized spacial score (nSPS) is 21.2. The van der Waals surface area contributed by atoms with Crippen molar-refractivity contribution in [1.29, 1.82) is 0 Å². The van der Waals surface area contributed by atoms with E-state index >= 15 is 0 Å². The van der Waals surface area contributed by atoms with Gasteiger partial charge in [-0.3, -0.25) is 4.79 Å². The molecule has 1 aliphatic rings. The van der Waals surface area contributed by atoms with Gasteiger partial charge in [0.15, 0.2) is 0 Å². The Labute approximate surface area is 96.2 Å². The summed E-state index contributed by atoms with van der Waals surface area (Å²) < 4.78 is 25.5. The second-order valence-corrected chi connectivity index (χ2v) is 6.06. The Hall–Kier alpha value is -0.660. The van der Waals surface area contributed by atoms with Crippen molar-refractivity contribution in [2.45, 2.75) is 25.0 Å². The van der Waals surface area contributed by atoms with Crippen molar-refractivity contribution in [3.8, 4) is 0 Å². The second kappa shape index (κ2) is 5.60. The summed E-state index contributed by atoms with van der Waals surface area (Å²) in [5, 5.41) is 2.06. The first-order chi connectivity index (χ1) is 7.52. The molecule has 1 unspecified atom stereocenters. The lowest BCUT2D eigenvalue weighted by molar-refractivity contribution is -0.120. The van der Waals surface area contributed by atoms with Crippen LogP contribution in [-0.4, -0.2) is 50.1 Å². The predicted octanol–water partition coefficient (Wildman–Crippen LogP) is -1.12. The van der Waals surface area contributed by atoms with Crippen LogP contribution in [0.5, 0.6) is 0 Å². The first kappa shape index (κ1) is 13.4. The number of nitrogens with two attached hydrogens (primary N) is 1. The van der Waals surface area contributed by atoms with Crippen molar-refractivity contribution in [2.24, 2.45) is 5.73 Å². The van der Waals surface area contributed by atoms with Gasteiger partial charge in [-0.2, -0.15) is 4.31 Å². The van der Waals surface area contributed by atoms with Crippen LogP contribution < -0.4 is 11.1 Å². The molecule has 94 valence electrons. The molecule has 1 heterocycles. The summed E-state index contributed by atoms with van der Waals surface area (Å²) in [7, 11) is -3.43. The smallest absolute Gasteiger partial charge is 0.235 e. The SMILES string of the molecule is CCC(CN)S(=O)(=O)N1CCCNC(=O)C1. The van der Waals surface area contributed by atoms with Crippen LogP contribution in [0.1, 0.15) is 19.8 Å². The number of nitrogens with one attached hydrogen (secondary N) is 1. The minimum Gasteiger partial charge on any atom is -0.355 e. The van der Waals surface area contributed by atoms with Crippen LogP contribution in [0.2, 0.25) is 0 Å². The molecule has 1 aliphatic heterocycles. The first-order valence-corrected chi connectivity index (χ1v) is 6.98. The van der Waals surface area contributed by atoms with E-state index in [1.807, 2.05) is 0 Å². The Balaban J connectivity index is 2.84. The summed E-state index contributed by atoms with van der Waals surface area (Å²) in [6.45, 7) is 2.71. The molecular formula is C9H19N3O3S. The van der Waals surface area contributed by atoms with Crippen LogP contribution in [0.4, 0.5) is 0 Å². The van der Waals surface area contributed by atoms with Crippen molar-refractivity contribution in [1.82, 2.24) is 9.62 Å². The van der Waals surface area contributed by atoms with Gasteiger partial charge in [0, 0.05) is 19.6 Å². The molecule has 1 amide bonds. The Morgan fingerprint density at radius 2 is 2.25 bits per heavy atom. The van der Waals surface area contributed by atoms with Gasteiger partial charge in [0.05, 0.1) is 11.8 Å². The van der Waals surface area contributed by atoms with Gasteiger partial charge < -0.3 is 11.1 Å². The van der Waals surface area contributed by atoms with E-state index in [1.165, 1.54) is 4.31 Å². The van der Waals surface area contributed by atoms with Gasteiger partial charge in [0.25, 0.3) is 0 Å². The monoisotopic (exact) mass is 249 g/mol. The lowest BCUT2D eigenvalue weighted by atomic mass is 10.3. The Morgan fingerprint density at radius 3 is 2.81 bits per heavy atom. The summed E-state index contributed by atoms with van der Waals surface area (Å²) in [4.78, 5) is 11.3. The zero-order valence-electron chi connectivity index (χ0n) is 9.48. The van der Waals surface area contributed by atoms with Gasteiger partial charge in [0.1, 0.15) is 0 Å². The number of sulfonamides is 1. The lowest BCUT2D eigenvalue weighted by Gasteiger charge is -2.23. The van der Waals surface area contributed by atoms with Crippen LogP contribution >= 0.6 is 0 Å².